The Labute approximate surface area is 125 Å². The molecular weight excluding hydrogens is 276 g/mol. The molecule has 2 rings (SSSR count). The molecule has 1 aromatic carbocycles. The van der Waals surface area contributed by atoms with Crippen LogP contribution in [0.3, 0.4) is 0 Å². The van der Waals surface area contributed by atoms with E-state index in [2.05, 4.69) is 11.8 Å². The van der Waals surface area contributed by atoms with Gasteiger partial charge in [-0.25, -0.2) is 0 Å². The number of aliphatic hydroxyl groups excluding tert-OH is 1. The van der Waals surface area contributed by atoms with Gasteiger partial charge in [0.25, 0.3) is 0 Å². The number of hydrogen-bond donors (Lipinski definition) is 2. The van der Waals surface area contributed by atoms with Crippen LogP contribution in [0.25, 0.3) is 0 Å². The number of rotatable bonds is 5. The fourth-order valence-corrected chi connectivity index (χ4v) is 2.70. The van der Waals surface area contributed by atoms with Crippen LogP contribution in [0.4, 0.5) is 0 Å². The molecule has 1 saturated heterocycles. The highest BCUT2D eigenvalue weighted by molar-refractivity contribution is 6.30. The second-order valence-corrected chi connectivity index (χ2v) is 5.87. The van der Waals surface area contributed by atoms with E-state index in [1.54, 1.807) is 0 Å². The summed E-state index contributed by atoms with van der Waals surface area (Å²) in [6, 6.07) is 8.06. The molecule has 0 aromatic heterocycles. The Hall–Kier alpha value is -0.650. The number of halogens is 1. The van der Waals surface area contributed by atoms with Crippen molar-refractivity contribution in [1.29, 1.82) is 0 Å². The monoisotopic (exact) mass is 298 g/mol. The highest BCUT2D eigenvalue weighted by Crippen LogP contribution is 2.20. The number of nitrogens with two attached hydrogens (primary N) is 1. The van der Waals surface area contributed by atoms with Crippen LogP contribution >= 0.6 is 11.6 Å². The molecule has 20 heavy (non-hydrogen) atoms. The van der Waals surface area contributed by atoms with Crippen LogP contribution in [0.2, 0.25) is 5.02 Å². The van der Waals surface area contributed by atoms with Crippen molar-refractivity contribution in [2.75, 3.05) is 26.3 Å². The summed E-state index contributed by atoms with van der Waals surface area (Å²) in [6.45, 7) is 4.54. The van der Waals surface area contributed by atoms with Crippen LogP contribution < -0.4 is 5.73 Å². The van der Waals surface area contributed by atoms with E-state index in [0.717, 1.165) is 30.1 Å². The Kier molecular flexibility index (Phi) is 5.81. The molecule has 5 heteroatoms. The van der Waals surface area contributed by atoms with E-state index in [9.17, 15) is 5.11 Å². The fraction of sp³-hybridized carbons (Fsp3) is 0.600. The summed E-state index contributed by atoms with van der Waals surface area (Å²) in [4.78, 5) is 2.33. The lowest BCUT2D eigenvalue weighted by atomic mass is 10.0. The molecule has 112 valence electrons. The number of hydrogen-bond acceptors (Lipinski definition) is 4. The summed E-state index contributed by atoms with van der Waals surface area (Å²) in [5.74, 6) is 0. The van der Waals surface area contributed by atoms with Crippen LogP contribution in [-0.4, -0.2) is 48.5 Å². The summed E-state index contributed by atoms with van der Waals surface area (Å²) >= 11 is 5.99. The number of nitrogens with zero attached hydrogens (tertiary/aromatic N) is 1. The molecular formula is C15H23ClN2O2. The third-order valence-electron chi connectivity index (χ3n) is 3.84. The molecule has 3 atom stereocenters. The Balaban J connectivity index is 1.87. The van der Waals surface area contributed by atoms with Crippen molar-refractivity contribution in [2.24, 2.45) is 5.73 Å². The third-order valence-corrected chi connectivity index (χ3v) is 4.08. The topological polar surface area (TPSA) is 58.7 Å². The van der Waals surface area contributed by atoms with Gasteiger partial charge in [-0.2, -0.15) is 0 Å². The minimum atomic E-state index is -0.0754. The van der Waals surface area contributed by atoms with Crippen molar-refractivity contribution in [2.45, 2.75) is 31.5 Å². The SMILES string of the molecule is CC1COC(CO)CN1CCC(N)c1cccc(Cl)c1. The van der Waals surface area contributed by atoms with Gasteiger partial charge in [0, 0.05) is 30.2 Å². The molecule has 4 nitrogen and oxygen atoms in total. The van der Waals surface area contributed by atoms with Gasteiger partial charge in [-0.15, -0.1) is 0 Å². The first-order valence-electron chi connectivity index (χ1n) is 7.07. The van der Waals surface area contributed by atoms with Crippen molar-refractivity contribution in [3.8, 4) is 0 Å². The Morgan fingerprint density at radius 1 is 1.55 bits per heavy atom. The van der Waals surface area contributed by atoms with Gasteiger partial charge in [0.2, 0.25) is 0 Å². The van der Waals surface area contributed by atoms with Gasteiger partial charge in [0.1, 0.15) is 0 Å². The average Bonchev–Trinajstić information content (AvgIpc) is 2.46. The lowest BCUT2D eigenvalue weighted by Crippen LogP contribution is -2.50. The normalized spacial score (nSPS) is 25.6. The Bertz CT molecular complexity index is 430. The highest BCUT2D eigenvalue weighted by Gasteiger charge is 2.25. The van der Waals surface area contributed by atoms with Gasteiger partial charge in [0.05, 0.1) is 19.3 Å². The van der Waals surface area contributed by atoms with Crippen molar-refractivity contribution in [3.63, 3.8) is 0 Å². The summed E-state index contributed by atoms with van der Waals surface area (Å²) in [5, 5.41) is 9.91. The van der Waals surface area contributed by atoms with Gasteiger partial charge in [0.15, 0.2) is 0 Å². The van der Waals surface area contributed by atoms with Gasteiger partial charge >= 0.3 is 0 Å². The zero-order chi connectivity index (χ0) is 14.5. The molecule has 1 aliphatic rings. The quantitative estimate of drug-likeness (QED) is 0.870. The maximum Gasteiger partial charge on any atom is 0.0933 e. The lowest BCUT2D eigenvalue weighted by molar-refractivity contribution is -0.0782. The summed E-state index contributed by atoms with van der Waals surface area (Å²) in [6.07, 6.45) is 0.789. The molecule has 3 N–H and O–H groups in total. The average molecular weight is 299 g/mol. The van der Waals surface area contributed by atoms with Gasteiger partial charge in [-0.1, -0.05) is 23.7 Å². The number of ether oxygens (including phenoxy) is 1. The van der Waals surface area contributed by atoms with Gasteiger partial charge in [-0.05, 0) is 31.0 Å². The molecule has 0 aliphatic carbocycles. The first-order valence-corrected chi connectivity index (χ1v) is 7.45. The second-order valence-electron chi connectivity index (χ2n) is 5.43. The number of benzene rings is 1. The van der Waals surface area contributed by atoms with Crippen LogP contribution in [0, 0.1) is 0 Å². The molecule has 1 fully saturated rings. The minimum Gasteiger partial charge on any atom is -0.394 e. The molecule has 0 radical (unpaired) electrons. The van der Waals surface area contributed by atoms with E-state index >= 15 is 0 Å². The largest absolute Gasteiger partial charge is 0.394 e. The highest BCUT2D eigenvalue weighted by atomic mass is 35.5. The van der Waals surface area contributed by atoms with Gasteiger partial charge in [-0.3, -0.25) is 4.90 Å². The van der Waals surface area contributed by atoms with Gasteiger partial charge < -0.3 is 15.6 Å². The third kappa shape index (κ3) is 4.17. The van der Waals surface area contributed by atoms with Crippen molar-refractivity contribution < 1.29 is 9.84 Å². The summed E-state index contributed by atoms with van der Waals surface area (Å²) in [5.41, 5.74) is 7.29. The molecule has 0 saturated carbocycles. The molecule has 1 heterocycles. The van der Waals surface area contributed by atoms with E-state index in [0.29, 0.717) is 12.6 Å². The van der Waals surface area contributed by atoms with E-state index in [-0.39, 0.29) is 18.8 Å². The molecule has 1 aliphatic heterocycles. The van der Waals surface area contributed by atoms with Crippen LogP contribution in [0.1, 0.15) is 24.9 Å². The van der Waals surface area contributed by atoms with E-state index in [1.165, 1.54) is 0 Å². The van der Waals surface area contributed by atoms with Crippen molar-refractivity contribution >= 4 is 11.6 Å². The lowest BCUT2D eigenvalue weighted by Gasteiger charge is -2.37. The molecule has 3 unspecified atom stereocenters. The number of morpholine rings is 1. The molecule has 1 aromatic rings. The first kappa shape index (κ1) is 15.7. The maximum atomic E-state index is 9.19. The predicted molar refractivity (Wildman–Crippen MR) is 80.9 cm³/mol. The first-order chi connectivity index (χ1) is 9.60. The van der Waals surface area contributed by atoms with Crippen molar-refractivity contribution in [1.82, 2.24) is 4.90 Å². The smallest absolute Gasteiger partial charge is 0.0933 e. The summed E-state index contributed by atoms with van der Waals surface area (Å²) in [7, 11) is 0. The second kappa shape index (κ2) is 7.38. The van der Waals surface area contributed by atoms with Crippen LogP contribution in [0.15, 0.2) is 24.3 Å². The Morgan fingerprint density at radius 3 is 3.05 bits per heavy atom. The minimum absolute atomic E-state index is 0.0173. The van der Waals surface area contributed by atoms with E-state index in [4.69, 9.17) is 22.1 Å². The molecule has 0 bridgehead atoms. The summed E-state index contributed by atoms with van der Waals surface area (Å²) < 4.78 is 5.54. The molecule has 0 spiro atoms. The van der Waals surface area contributed by atoms with Crippen LogP contribution in [-0.2, 0) is 4.74 Å². The zero-order valence-corrected chi connectivity index (χ0v) is 12.6. The van der Waals surface area contributed by atoms with Crippen LogP contribution in [0.5, 0.6) is 0 Å². The fourth-order valence-electron chi connectivity index (χ4n) is 2.51. The number of aliphatic hydroxyl groups is 1. The predicted octanol–water partition coefficient (Wildman–Crippen LogP) is 1.81. The Morgan fingerprint density at radius 2 is 2.35 bits per heavy atom. The maximum absolute atomic E-state index is 9.19. The standard InChI is InChI=1S/C15H23ClN2O2/c1-11-10-20-14(9-19)8-18(11)6-5-15(17)12-3-2-4-13(16)7-12/h2-4,7,11,14-15,19H,5-6,8-10,17H2,1H3. The molecule has 0 amide bonds. The van der Waals surface area contributed by atoms with Crippen molar-refractivity contribution in [3.05, 3.63) is 34.9 Å². The van der Waals surface area contributed by atoms with E-state index < -0.39 is 0 Å². The van der Waals surface area contributed by atoms with E-state index in [1.807, 2.05) is 24.3 Å². The zero-order valence-electron chi connectivity index (χ0n) is 11.8.